The second kappa shape index (κ2) is 20.7. The molecule has 2 heterocycles. The van der Waals surface area contributed by atoms with Crippen LogP contribution in [0.3, 0.4) is 0 Å². The smallest absolute Gasteiger partial charge is 0.407 e. The van der Waals surface area contributed by atoms with E-state index in [1.165, 1.54) is 11.8 Å². The summed E-state index contributed by atoms with van der Waals surface area (Å²) < 4.78 is 4.82. The maximum atomic E-state index is 13.8. The lowest BCUT2D eigenvalue weighted by atomic mass is 9.84. The minimum absolute atomic E-state index is 0.151. The van der Waals surface area contributed by atoms with Gasteiger partial charge >= 0.3 is 12.1 Å². The number of hydrogen-bond acceptors (Lipinski definition) is 9. The van der Waals surface area contributed by atoms with Crippen molar-refractivity contribution in [2.45, 2.75) is 88.9 Å². The molecule has 3 aromatic carbocycles. The highest BCUT2D eigenvalue weighted by atomic mass is 32.2. The van der Waals surface area contributed by atoms with Crippen LogP contribution in [0.1, 0.15) is 82.5 Å². The number of aromatic nitrogens is 1. The molecule has 0 bridgehead atoms. The van der Waals surface area contributed by atoms with Crippen LogP contribution in [-0.4, -0.2) is 73.7 Å². The summed E-state index contributed by atoms with van der Waals surface area (Å²) in [6.07, 6.45) is 3.39. The third-order valence-electron chi connectivity index (χ3n) is 9.64. The van der Waals surface area contributed by atoms with E-state index >= 15 is 0 Å². The van der Waals surface area contributed by atoms with Gasteiger partial charge in [0.15, 0.2) is 0 Å². The number of alkyl carbamates (subject to hydrolysis) is 1. The van der Waals surface area contributed by atoms with Crippen molar-refractivity contribution in [1.29, 1.82) is 0 Å². The molecule has 1 aromatic heterocycles. The number of pyridine rings is 1. The SMILES string of the molecule is CC(C)C(NC(=O)C1(C)CSC(c2cccc(CNC(=O)OC(C)(C)C)n2)=N1)C(=O)NC(C=CCCSC(c1ccccc1)(c1ccccc1)c1ccccc1)CC(=O)O. The lowest BCUT2D eigenvalue weighted by Gasteiger charge is -2.35. The molecule has 1 aliphatic rings. The molecule has 13 heteroatoms. The van der Waals surface area contributed by atoms with Gasteiger partial charge in [-0.2, -0.15) is 0 Å². The van der Waals surface area contributed by atoms with E-state index in [1.54, 1.807) is 63.7 Å². The molecule has 0 saturated carbocycles. The molecule has 0 spiro atoms. The fourth-order valence-electron chi connectivity index (χ4n) is 6.69. The predicted molar refractivity (Wildman–Crippen MR) is 241 cm³/mol. The predicted octanol–water partition coefficient (Wildman–Crippen LogP) is 8.13. The van der Waals surface area contributed by atoms with Crippen LogP contribution in [0.25, 0.3) is 0 Å². The summed E-state index contributed by atoms with van der Waals surface area (Å²) in [7, 11) is 0. The first-order valence-electron chi connectivity index (χ1n) is 20.1. The Morgan fingerprint density at radius 2 is 1.45 bits per heavy atom. The van der Waals surface area contributed by atoms with Crippen LogP contribution in [-0.2, 0) is 30.4 Å². The van der Waals surface area contributed by atoms with Crippen molar-refractivity contribution in [3.63, 3.8) is 0 Å². The van der Waals surface area contributed by atoms with Crippen LogP contribution in [0.2, 0.25) is 0 Å². The first-order valence-corrected chi connectivity index (χ1v) is 22.0. The fourth-order valence-corrected chi connectivity index (χ4v) is 9.30. The van der Waals surface area contributed by atoms with Gasteiger partial charge in [0, 0.05) is 5.75 Å². The Bertz CT molecular complexity index is 2050. The summed E-state index contributed by atoms with van der Waals surface area (Å²) in [5.74, 6) is -1.25. The monoisotopic (exact) mass is 849 g/mol. The number of hydrogen-bond donors (Lipinski definition) is 4. The molecule has 0 aliphatic carbocycles. The van der Waals surface area contributed by atoms with Gasteiger partial charge in [0.2, 0.25) is 11.8 Å². The number of carboxylic acids is 1. The topological polar surface area (TPSA) is 159 Å². The molecule has 4 aromatic rings. The van der Waals surface area contributed by atoms with Crippen molar-refractivity contribution in [1.82, 2.24) is 20.9 Å². The summed E-state index contributed by atoms with van der Waals surface area (Å²) >= 11 is 3.18. The molecular weight excluding hydrogens is 795 g/mol. The molecule has 5 rings (SSSR count). The Hall–Kier alpha value is -5.40. The van der Waals surface area contributed by atoms with Crippen molar-refractivity contribution in [3.8, 4) is 0 Å². The van der Waals surface area contributed by atoms with E-state index < -0.39 is 51.8 Å². The first kappa shape index (κ1) is 45.7. The second-order valence-electron chi connectivity index (χ2n) is 16.1. The van der Waals surface area contributed by atoms with Crippen LogP contribution in [0.5, 0.6) is 0 Å². The number of ether oxygens (including phenoxy) is 1. The van der Waals surface area contributed by atoms with Gasteiger partial charge < -0.3 is 25.8 Å². The Morgan fingerprint density at radius 1 is 0.867 bits per heavy atom. The number of allylic oxidation sites excluding steroid dienone is 1. The molecule has 3 amide bonds. The molecule has 0 radical (unpaired) electrons. The Morgan fingerprint density at radius 3 is 1.98 bits per heavy atom. The third-order valence-corrected chi connectivity index (χ3v) is 12.5. The van der Waals surface area contributed by atoms with Gasteiger partial charge in [0.05, 0.1) is 35.1 Å². The number of thioether (sulfide) groups is 2. The summed E-state index contributed by atoms with van der Waals surface area (Å²) in [6, 6.07) is 34.8. The standard InChI is InChI=1S/C47H55N5O6S2/c1-32(2)40(51-43(56)46(6)31-59-42(52-46)38-27-18-26-37(49-38)30-48-44(57)58-45(3,4)5)41(55)50-36(29-39(53)54)25-16-17-28-60-47(33-19-10-7-11-20-33,34-21-12-8-13-22-34)35-23-14-9-15-24-35/h7-16,18-27,32,36,40H,17,28-31H2,1-6H3,(H,48,57)(H,50,55)(H,51,56)(H,53,54). The number of aliphatic imine (C=N–C) groups is 1. The molecule has 11 nitrogen and oxygen atoms in total. The van der Waals surface area contributed by atoms with E-state index in [2.05, 4.69) is 57.3 Å². The van der Waals surface area contributed by atoms with Crippen LogP contribution in [0.4, 0.5) is 4.79 Å². The van der Waals surface area contributed by atoms with Gasteiger partial charge in [-0.1, -0.05) is 123 Å². The molecule has 3 atom stereocenters. The Kier molecular flexibility index (Phi) is 15.8. The van der Waals surface area contributed by atoms with Crippen LogP contribution >= 0.6 is 23.5 Å². The summed E-state index contributed by atoms with van der Waals surface area (Å²) in [5.41, 5.74) is 2.79. The van der Waals surface area contributed by atoms with Gasteiger partial charge in [-0.3, -0.25) is 19.4 Å². The Labute approximate surface area is 361 Å². The van der Waals surface area contributed by atoms with Crippen molar-refractivity contribution >= 4 is 52.4 Å². The number of benzene rings is 3. The maximum absolute atomic E-state index is 13.8. The average molecular weight is 850 g/mol. The lowest BCUT2D eigenvalue weighted by molar-refractivity contribution is -0.138. The molecular formula is C47H55N5O6S2. The lowest BCUT2D eigenvalue weighted by Crippen LogP contribution is -2.56. The van der Waals surface area contributed by atoms with Crippen molar-refractivity contribution < 1.29 is 29.0 Å². The highest BCUT2D eigenvalue weighted by Gasteiger charge is 2.41. The molecule has 60 heavy (non-hydrogen) atoms. The number of carbonyl (C=O) groups is 4. The van der Waals surface area contributed by atoms with Gasteiger partial charge in [-0.25, -0.2) is 9.78 Å². The molecule has 316 valence electrons. The number of carbonyl (C=O) groups excluding carboxylic acids is 3. The van der Waals surface area contributed by atoms with E-state index in [-0.39, 0.29) is 18.9 Å². The number of nitrogens with one attached hydrogen (secondary N) is 3. The van der Waals surface area contributed by atoms with E-state index in [1.807, 2.05) is 74.5 Å². The van der Waals surface area contributed by atoms with Crippen molar-refractivity contribution in [3.05, 3.63) is 149 Å². The molecule has 3 unspecified atom stereocenters. The zero-order chi connectivity index (χ0) is 43.3. The number of amides is 3. The van der Waals surface area contributed by atoms with Crippen molar-refractivity contribution in [2.24, 2.45) is 10.9 Å². The molecule has 0 saturated heterocycles. The number of carboxylic acid groups (broad SMARTS) is 1. The van der Waals surface area contributed by atoms with Gasteiger partial charge in [0.1, 0.15) is 22.2 Å². The quantitative estimate of drug-likeness (QED) is 0.0441. The number of rotatable bonds is 18. The van der Waals surface area contributed by atoms with Crippen LogP contribution in [0, 0.1) is 5.92 Å². The fraction of sp³-hybridized carbons (Fsp3) is 0.362. The van der Waals surface area contributed by atoms with E-state index in [4.69, 9.17) is 9.73 Å². The first-order chi connectivity index (χ1) is 28.6. The second-order valence-corrected chi connectivity index (χ2v) is 18.4. The van der Waals surface area contributed by atoms with E-state index in [0.29, 0.717) is 34.4 Å². The zero-order valence-electron chi connectivity index (χ0n) is 35.0. The minimum Gasteiger partial charge on any atom is -0.481 e. The highest BCUT2D eigenvalue weighted by molar-refractivity contribution is 8.14. The molecule has 4 N–H and O–H groups in total. The molecule has 1 aliphatic heterocycles. The normalized spacial score (nSPS) is 16.5. The van der Waals surface area contributed by atoms with Crippen LogP contribution < -0.4 is 16.0 Å². The van der Waals surface area contributed by atoms with Crippen molar-refractivity contribution in [2.75, 3.05) is 11.5 Å². The Balaban J connectivity index is 1.24. The van der Waals surface area contributed by atoms with Gasteiger partial charge in [-0.15, -0.1) is 23.5 Å². The maximum Gasteiger partial charge on any atom is 0.407 e. The van der Waals surface area contributed by atoms with E-state index in [0.717, 1.165) is 16.7 Å². The van der Waals surface area contributed by atoms with Gasteiger partial charge in [-0.05, 0) is 74.6 Å². The van der Waals surface area contributed by atoms with Gasteiger partial charge in [0.25, 0.3) is 0 Å². The average Bonchev–Trinajstić information content (AvgIpc) is 3.63. The summed E-state index contributed by atoms with van der Waals surface area (Å²) in [4.78, 5) is 61.1. The zero-order valence-corrected chi connectivity index (χ0v) is 36.6. The number of aliphatic carboxylic acids is 1. The van der Waals surface area contributed by atoms with E-state index in [9.17, 15) is 24.3 Å². The van der Waals surface area contributed by atoms with Crippen LogP contribution in [0.15, 0.2) is 126 Å². The summed E-state index contributed by atoms with van der Waals surface area (Å²) in [6.45, 7) is 10.9. The minimum atomic E-state index is -1.19. The molecule has 0 fully saturated rings. The largest absolute Gasteiger partial charge is 0.481 e. The third kappa shape index (κ3) is 12.3. The number of nitrogens with zero attached hydrogens (tertiary/aromatic N) is 2. The summed E-state index contributed by atoms with van der Waals surface area (Å²) in [5, 5.41) is 18.8. The highest BCUT2D eigenvalue weighted by Crippen LogP contribution is 2.48.